The van der Waals surface area contributed by atoms with Gasteiger partial charge in [0.15, 0.2) is 11.0 Å². The highest BCUT2D eigenvalue weighted by molar-refractivity contribution is 7.99. The molecule has 0 aliphatic heterocycles. The molecule has 0 fully saturated rings. The van der Waals surface area contributed by atoms with E-state index in [-0.39, 0.29) is 17.7 Å². The maximum absolute atomic E-state index is 12.4. The Morgan fingerprint density at radius 1 is 1.10 bits per heavy atom. The first-order valence-electron chi connectivity index (χ1n) is 9.96. The van der Waals surface area contributed by atoms with Gasteiger partial charge in [-0.1, -0.05) is 36.0 Å². The number of carbonyl (C=O) groups is 1. The molecule has 0 aliphatic carbocycles. The summed E-state index contributed by atoms with van der Waals surface area (Å²) in [5.41, 5.74) is 4.14. The van der Waals surface area contributed by atoms with Gasteiger partial charge in [0.05, 0.1) is 5.75 Å². The molecule has 3 rings (SSSR count). The summed E-state index contributed by atoms with van der Waals surface area (Å²) in [6.45, 7) is 10.5. The van der Waals surface area contributed by atoms with Crippen molar-refractivity contribution in [2.75, 3.05) is 11.1 Å². The maximum atomic E-state index is 12.4. The van der Waals surface area contributed by atoms with Crippen LogP contribution in [0.2, 0.25) is 0 Å². The second-order valence-corrected chi connectivity index (χ2v) is 8.57. The van der Waals surface area contributed by atoms with E-state index in [0.717, 1.165) is 34.0 Å². The van der Waals surface area contributed by atoms with Crippen molar-refractivity contribution in [3.63, 3.8) is 0 Å². The lowest BCUT2D eigenvalue weighted by Gasteiger charge is -2.15. The molecule has 1 heterocycles. The van der Waals surface area contributed by atoms with E-state index in [0.29, 0.717) is 11.8 Å². The van der Waals surface area contributed by atoms with Gasteiger partial charge in [0.1, 0.15) is 12.4 Å². The van der Waals surface area contributed by atoms with E-state index in [1.807, 2.05) is 61.7 Å². The Kier molecular flexibility index (Phi) is 7.15. The van der Waals surface area contributed by atoms with Crippen LogP contribution in [0.1, 0.15) is 42.4 Å². The second-order valence-electron chi connectivity index (χ2n) is 7.63. The standard InChI is InChI=1S/C23H28N4O2S/c1-15(2)27-21(13-29-20-12-17(4)9-10-18(20)5)25-26-23(27)30-14-22(28)24-19-8-6-7-16(3)11-19/h6-12,15H,13-14H2,1-5H3,(H,24,28). The lowest BCUT2D eigenvalue weighted by molar-refractivity contribution is -0.113. The Bertz CT molecular complexity index is 1030. The molecule has 3 aromatic rings. The first kappa shape index (κ1) is 21.9. The van der Waals surface area contributed by atoms with Gasteiger partial charge in [-0.15, -0.1) is 10.2 Å². The Balaban J connectivity index is 1.65. The molecule has 0 unspecified atom stereocenters. The number of nitrogens with zero attached hydrogens (tertiary/aromatic N) is 3. The summed E-state index contributed by atoms with van der Waals surface area (Å²) in [6.07, 6.45) is 0. The molecular weight excluding hydrogens is 396 g/mol. The zero-order valence-corrected chi connectivity index (χ0v) is 18.9. The van der Waals surface area contributed by atoms with E-state index in [2.05, 4.69) is 35.4 Å². The van der Waals surface area contributed by atoms with E-state index in [1.165, 1.54) is 11.8 Å². The van der Waals surface area contributed by atoms with Gasteiger partial charge in [-0.3, -0.25) is 4.79 Å². The molecule has 0 saturated heterocycles. The summed E-state index contributed by atoms with van der Waals surface area (Å²) in [7, 11) is 0. The monoisotopic (exact) mass is 424 g/mol. The van der Waals surface area contributed by atoms with Gasteiger partial charge in [0, 0.05) is 11.7 Å². The van der Waals surface area contributed by atoms with Gasteiger partial charge in [-0.05, 0) is 69.5 Å². The van der Waals surface area contributed by atoms with E-state index >= 15 is 0 Å². The summed E-state index contributed by atoms with van der Waals surface area (Å²) in [5, 5.41) is 12.2. The smallest absolute Gasteiger partial charge is 0.234 e. The van der Waals surface area contributed by atoms with E-state index in [4.69, 9.17) is 4.74 Å². The summed E-state index contributed by atoms with van der Waals surface area (Å²) >= 11 is 1.38. The fourth-order valence-corrected chi connectivity index (χ4v) is 3.96. The lowest BCUT2D eigenvalue weighted by Crippen LogP contribution is -2.15. The minimum Gasteiger partial charge on any atom is -0.485 e. The van der Waals surface area contributed by atoms with Crippen LogP contribution in [0, 0.1) is 20.8 Å². The Morgan fingerprint density at radius 3 is 2.60 bits per heavy atom. The zero-order chi connectivity index (χ0) is 21.7. The molecule has 0 saturated carbocycles. The number of aryl methyl sites for hydroxylation is 3. The Morgan fingerprint density at radius 2 is 1.87 bits per heavy atom. The van der Waals surface area contributed by atoms with E-state index in [1.54, 1.807) is 0 Å². The van der Waals surface area contributed by atoms with Gasteiger partial charge in [0.25, 0.3) is 0 Å². The van der Waals surface area contributed by atoms with Crippen molar-refractivity contribution in [2.24, 2.45) is 0 Å². The predicted molar refractivity (Wildman–Crippen MR) is 121 cm³/mol. The lowest BCUT2D eigenvalue weighted by atomic mass is 10.1. The average molecular weight is 425 g/mol. The summed E-state index contributed by atoms with van der Waals surface area (Å²) in [4.78, 5) is 12.4. The number of carbonyl (C=O) groups excluding carboxylic acids is 1. The first-order valence-corrected chi connectivity index (χ1v) is 10.9. The van der Waals surface area contributed by atoms with Crippen molar-refractivity contribution in [1.29, 1.82) is 0 Å². The van der Waals surface area contributed by atoms with Gasteiger partial charge >= 0.3 is 0 Å². The topological polar surface area (TPSA) is 69.0 Å². The number of nitrogens with one attached hydrogen (secondary N) is 1. The molecule has 1 amide bonds. The van der Waals surface area contributed by atoms with Crippen LogP contribution in [-0.2, 0) is 11.4 Å². The predicted octanol–water partition coefficient (Wildman–Crippen LogP) is 5.09. The Hall–Kier alpha value is -2.80. The molecule has 30 heavy (non-hydrogen) atoms. The van der Waals surface area contributed by atoms with Crippen molar-refractivity contribution in [1.82, 2.24) is 14.8 Å². The molecule has 158 valence electrons. The highest BCUT2D eigenvalue weighted by Gasteiger charge is 2.17. The van der Waals surface area contributed by atoms with Crippen molar-refractivity contribution in [3.8, 4) is 5.75 Å². The van der Waals surface area contributed by atoms with Crippen LogP contribution >= 0.6 is 11.8 Å². The summed E-state index contributed by atoms with van der Waals surface area (Å²) in [5.74, 6) is 1.78. The first-order chi connectivity index (χ1) is 14.3. The van der Waals surface area contributed by atoms with Gasteiger partial charge in [0.2, 0.25) is 5.91 Å². The molecule has 0 atom stereocenters. The number of amides is 1. The summed E-state index contributed by atoms with van der Waals surface area (Å²) in [6, 6.07) is 14.0. The number of thioether (sulfide) groups is 1. The Labute approximate surface area is 182 Å². The number of rotatable bonds is 8. The molecule has 1 aromatic heterocycles. The van der Waals surface area contributed by atoms with Crippen LogP contribution in [0.4, 0.5) is 5.69 Å². The minimum absolute atomic E-state index is 0.0721. The highest BCUT2D eigenvalue weighted by Crippen LogP contribution is 2.24. The fourth-order valence-electron chi connectivity index (χ4n) is 3.08. The SMILES string of the molecule is Cc1cccc(NC(=O)CSc2nnc(COc3cc(C)ccc3C)n2C(C)C)c1. The van der Waals surface area contributed by atoms with E-state index < -0.39 is 0 Å². The van der Waals surface area contributed by atoms with Crippen molar-refractivity contribution in [3.05, 3.63) is 65.0 Å². The molecular formula is C23H28N4O2S. The quantitative estimate of drug-likeness (QED) is 0.510. The zero-order valence-electron chi connectivity index (χ0n) is 18.1. The molecule has 0 spiro atoms. The molecule has 1 N–H and O–H groups in total. The number of anilines is 1. The molecule has 0 aliphatic rings. The number of hydrogen-bond donors (Lipinski definition) is 1. The van der Waals surface area contributed by atoms with Crippen LogP contribution < -0.4 is 10.1 Å². The molecule has 7 heteroatoms. The second kappa shape index (κ2) is 9.80. The third-order valence-electron chi connectivity index (χ3n) is 4.59. The van der Waals surface area contributed by atoms with Gasteiger partial charge < -0.3 is 14.6 Å². The summed E-state index contributed by atoms with van der Waals surface area (Å²) < 4.78 is 8.04. The molecule has 0 radical (unpaired) electrons. The van der Waals surface area contributed by atoms with Crippen LogP contribution in [0.15, 0.2) is 47.6 Å². The largest absolute Gasteiger partial charge is 0.485 e. The van der Waals surface area contributed by atoms with Crippen LogP contribution in [0.3, 0.4) is 0 Å². The van der Waals surface area contributed by atoms with Crippen molar-refractivity contribution in [2.45, 2.75) is 52.4 Å². The molecule has 2 aromatic carbocycles. The van der Waals surface area contributed by atoms with Gasteiger partial charge in [-0.2, -0.15) is 0 Å². The van der Waals surface area contributed by atoms with E-state index in [9.17, 15) is 4.79 Å². The van der Waals surface area contributed by atoms with Crippen molar-refractivity contribution < 1.29 is 9.53 Å². The molecule has 6 nitrogen and oxygen atoms in total. The maximum Gasteiger partial charge on any atom is 0.234 e. The minimum atomic E-state index is -0.0721. The highest BCUT2D eigenvalue weighted by atomic mass is 32.2. The van der Waals surface area contributed by atoms with Crippen LogP contribution in [0.25, 0.3) is 0 Å². The van der Waals surface area contributed by atoms with Gasteiger partial charge in [-0.25, -0.2) is 0 Å². The number of aromatic nitrogens is 3. The normalized spacial score (nSPS) is 11.0. The van der Waals surface area contributed by atoms with Crippen LogP contribution in [-0.4, -0.2) is 26.4 Å². The third-order valence-corrected chi connectivity index (χ3v) is 5.53. The number of benzene rings is 2. The van der Waals surface area contributed by atoms with Crippen LogP contribution in [0.5, 0.6) is 5.75 Å². The average Bonchev–Trinajstić information content (AvgIpc) is 3.10. The third kappa shape index (κ3) is 5.63. The molecule has 0 bridgehead atoms. The van der Waals surface area contributed by atoms with Crippen molar-refractivity contribution >= 4 is 23.4 Å². The number of ether oxygens (including phenoxy) is 1. The number of hydrogen-bond acceptors (Lipinski definition) is 5. The fraction of sp³-hybridized carbons (Fsp3) is 0.348.